The van der Waals surface area contributed by atoms with E-state index in [-0.39, 0.29) is 0 Å². The number of hydrogen-bond donors (Lipinski definition) is 0. The average Bonchev–Trinajstić information content (AvgIpc) is 1.99. The first-order chi connectivity index (χ1) is 5.16. The predicted octanol–water partition coefficient (Wildman–Crippen LogP) is 3.40. The monoisotopic (exact) mass is 277 g/mol. The van der Waals surface area contributed by atoms with Crippen molar-refractivity contribution in [1.29, 1.82) is 0 Å². The molecular formula is C8H7Br2O. The zero-order valence-electron chi connectivity index (χ0n) is 6.03. The van der Waals surface area contributed by atoms with Crippen molar-refractivity contribution in [3.63, 3.8) is 0 Å². The summed E-state index contributed by atoms with van der Waals surface area (Å²) in [5.41, 5.74) is 0.877. The summed E-state index contributed by atoms with van der Waals surface area (Å²) in [7, 11) is 1.63. The number of ether oxygens (including phenoxy) is 1. The molecule has 0 amide bonds. The molecule has 0 aromatic heterocycles. The second-order valence-corrected chi connectivity index (χ2v) is 3.70. The topological polar surface area (TPSA) is 9.23 Å². The van der Waals surface area contributed by atoms with Crippen LogP contribution in [-0.4, -0.2) is 7.11 Å². The van der Waals surface area contributed by atoms with Gasteiger partial charge in [0.25, 0.3) is 0 Å². The quantitative estimate of drug-likeness (QED) is 0.765. The van der Waals surface area contributed by atoms with Gasteiger partial charge in [-0.15, -0.1) is 0 Å². The summed E-state index contributed by atoms with van der Waals surface area (Å²) in [6.07, 6.45) is 0. The highest BCUT2D eigenvalue weighted by molar-refractivity contribution is 9.13. The van der Waals surface area contributed by atoms with E-state index in [1.165, 1.54) is 0 Å². The van der Waals surface area contributed by atoms with Crippen molar-refractivity contribution < 1.29 is 4.74 Å². The first-order valence-corrected chi connectivity index (χ1v) is 4.59. The molecule has 0 spiro atoms. The molecule has 0 saturated heterocycles. The first-order valence-electron chi connectivity index (χ1n) is 3.00. The third kappa shape index (κ3) is 1.76. The highest BCUT2D eigenvalue weighted by Gasteiger charge is 2.06. The molecule has 0 aliphatic carbocycles. The SMILES string of the molecule is [CH2]c1ccc(Br)c(Br)c1OC. The van der Waals surface area contributed by atoms with E-state index >= 15 is 0 Å². The molecule has 1 rings (SSSR count). The number of hydrogen-bond acceptors (Lipinski definition) is 1. The minimum Gasteiger partial charge on any atom is -0.495 e. The maximum absolute atomic E-state index is 5.12. The minimum atomic E-state index is 0.777. The average molecular weight is 279 g/mol. The fourth-order valence-electron chi connectivity index (χ4n) is 0.793. The third-order valence-corrected chi connectivity index (χ3v) is 3.32. The molecule has 0 heterocycles. The Hall–Kier alpha value is -0.0200. The summed E-state index contributed by atoms with van der Waals surface area (Å²) in [6, 6.07) is 3.82. The van der Waals surface area contributed by atoms with Gasteiger partial charge in [0.2, 0.25) is 0 Å². The molecule has 0 saturated carbocycles. The van der Waals surface area contributed by atoms with E-state index < -0.39 is 0 Å². The number of halogens is 2. The van der Waals surface area contributed by atoms with Crippen molar-refractivity contribution in [3.8, 4) is 5.75 Å². The smallest absolute Gasteiger partial charge is 0.137 e. The van der Waals surface area contributed by atoms with Gasteiger partial charge in [0, 0.05) is 4.47 Å². The summed E-state index contributed by atoms with van der Waals surface area (Å²) >= 11 is 6.75. The Balaban J connectivity index is 3.29. The Morgan fingerprint density at radius 3 is 2.45 bits per heavy atom. The van der Waals surface area contributed by atoms with Gasteiger partial charge in [0.05, 0.1) is 11.6 Å². The summed E-state index contributed by atoms with van der Waals surface area (Å²) in [4.78, 5) is 0. The zero-order valence-corrected chi connectivity index (χ0v) is 9.20. The zero-order chi connectivity index (χ0) is 8.43. The van der Waals surface area contributed by atoms with Gasteiger partial charge in [-0.2, -0.15) is 0 Å². The van der Waals surface area contributed by atoms with E-state index in [0.29, 0.717) is 0 Å². The number of methoxy groups -OCH3 is 1. The lowest BCUT2D eigenvalue weighted by Gasteiger charge is -2.07. The minimum absolute atomic E-state index is 0.777. The lowest BCUT2D eigenvalue weighted by Crippen LogP contribution is -1.88. The van der Waals surface area contributed by atoms with E-state index in [1.807, 2.05) is 12.1 Å². The van der Waals surface area contributed by atoms with E-state index in [0.717, 1.165) is 20.3 Å². The van der Waals surface area contributed by atoms with Crippen LogP contribution < -0.4 is 4.74 Å². The fourth-order valence-corrected chi connectivity index (χ4v) is 1.65. The number of benzene rings is 1. The molecule has 1 nitrogen and oxygen atoms in total. The standard InChI is InChI=1S/C8H7Br2O/c1-5-3-4-6(9)7(10)8(5)11-2/h3-4H,1H2,2H3. The van der Waals surface area contributed by atoms with Crippen LogP contribution >= 0.6 is 31.9 Å². The Bertz CT molecular complexity index is 271. The van der Waals surface area contributed by atoms with E-state index in [1.54, 1.807) is 7.11 Å². The van der Waals surface area contributed by atoms with Crippen LogP contribution in [0.15, 0.2) is 21.1 Å². The summed E-state index contributed by atoms with van der Waals surface area (Å²) in [5.74, 6) is 0.777. The van der Waals surface area contributed by atoms with Gasteiger partial charge in [-0.05, 0) is 50.4 Å². The molecule has 1 aromatic carbocycles. The molecule has 0 N–H and O–H groups in total. The molecule has 59 valence electrons. The molecule has 0 bridgehead atoms. The summed E-state index contributed by atoms with van der Waals surface area (Å²) in [6.45, 7) is 3.82. The number of rotatable bonds is 1. The van der Waals surface area contributed by atoms with Crippen LogP contribution in [0.3, 0.4) is 0 Å². The van der Waals surface area contributed by atoms with Crippen LogP contribution in [0.1, 0.15) is 5.56 Å². The van der Waals surface area contributed by atoms with Crippen LogP contribution in [0.5, 0.6) is 5.75 Å². The Morgan fingerprint density at radius 2 is 2.00 bits per heavy atom. The Morgan fingerprint density at radius 1 is 1.36 bits per heavy atom. The van der Waals surface area contributed by atoms with Crippen LogP contribution in [0.2, 0.25) is 0 Å². The third-order valence-electron chi connectivity index (χ3n) is 1.34. The highest BCUT2D eigenvalue weighted by atomic mass is 79.9. The lowest BCUT2D eigenvalue weighted by molar-refractivity contribution is 0.410. The van der Waals surface area contributed by atoms with Crippen LogP contribution in [0.4, 0.5) is 0 Å². The molecule has 0 atom stereocenters. The van der Waals surface area contributed by atoms with Crippen LogP contribution in [0, 0.1) is 6.92 Å². The van der Waals surface area contributed by atoms with Gasteiger partial charge < -0.3 is 4.74 Å². The highest BCUT2D eigenvalue weighted by Crippen LogP contribution is 2.34. The van der Waals surface area contributed by atoms with Crippen molar-refractivity contribution in [1.82, 2.24) is 0 Å². The molecular weight excluding hydrogens is 272 g/mol. The van der Waals surface area contributed by atoms with Gasteiger partial charge in [0.1, 0.15) is 5.75 Å². The van der Waals surface area contributed by atoms with E-state index in [2.05, 4.69) is 38.8 Å². The normalized spacial score (nSPS) is 9.82. The molecule has 0 fully saturated rings. The summed E-state index contributed by atoms with van der Waals surface area (Å²) in [5, 5.41) is 0. The van der Waals surface area contributed by atoms with Gasteiger partial charge in [-0.1, -0.05) is 6.07 Å². The van der Waals surface area contributed by atoms with Gasteiger partial charge in [0.15, 0.2) is 0 Å². The Kier molecular flexibility index (Phi) is 2.96. The molecule has 1 aromatic rings. The molecule has 11 heavy (non-hydrogen) atoms. The molecule has 0 unspecified atom stereocenters. The molecule has 3 heteroatoms. The van der Waals surface area contributed by atoms with Crippen molar-refractivity contribution in [3.05, 3.63) is 33.6 Å². The first kappa shape index (κ1) is 9.07. The Labute approximate surface area is 83.0 Å². The predicted molar refractivity (Wildman–Crippen MR) is 52.9 cm³/mol. The molecule has 1 radical (unpaired) electrons. The maximum Gasteiger partial charge on any atom is 0.137 e. The van der Waals surface area contributed by atoms with E-state index in [4.69, 9.17) is 4.74 Å². The second-order valence-electron chi connectivity index (χ2n) is 2.05. The van der Waals surface area contributed by atoms with Crippen molar-refractivity contribution >= 4 is 31.9 Å². The van der Waals surface area contributed by atoms with Crippen LogP contribution in [-0.2, 0) is 0 Å². The van der Waals surface area contributed by atoms with Crippen molar-refractivity contribution in [2.24, 2.45) is 0 Å². The fraction of sp³-hybridized carbons (Fsp3) is 0.125. The van der Waals surface area contributed by atoms with E-state index in [9.17, 15) is 0 Å². The second kappa shape index (κ2) is 3.59. The largest absolute Gasteiger partial charge is 0.495 e. The molecule has 0 aliphatic heterocycles. The summed E-state index contributed by atoms with van der Waals surface area (Å²) < 4.78 is 7.00. The van der Waals surface area contributed by atoms with Crippen molar-refractivity contribution in [2.75, 3.05) is 7.11 Å². The van der Waals surface area contributed by atoms with Crippen LogP contribution in [0.25, 0.3) is 0 Å². The maximum atomic E-state index is 5.12. The lowest BCUT2D eigenvalue weighted by atomic mass is 10.2. The van der Waals surface area contributed by atoms with Gasteiger partial charge in [-0.3, -0.25) is 0 Å². The van der Waals surface area contributed by atoms with Crippen molar-refractivity contribution in [2.45, 2.75) is 0 Å². The van der Waals surface area contributed by atoms with Gasteiger partial charge in [-0.25, -0.2) is 0 Å². The van der Waals surface area contributed by atoms with Gasteiger partial charge >= 0.3 is 0 Å². The molecule has 0 aliphatic rings.